The molecule has 2 aromatic rings. The summed E-state index contributed by atoms with van der Waals surface area (Å²) in [5, 5.41) is 0. The third-order valence-electron chi connectivity index (χ3n) is 3.78. The number of carbonyl (C=O) groups excluding carboxylic acids is 1. The first-order chi connectivity index (χ1) is 10.3. The number of rotatable bonds is 2. The molecular weight excluding hydrogens is 264 g/mol. The average Bonchev–Trinajstić information content (AvgIpc) is 2.54. The molecule has 1 atom stereocenters. The number of nitrogens with zero attached hydrogens (tertiary/aromatic N) is 2. The van der Waals surface area contributed by atoms with Gasteiger partial charge >= 0.3 is 6.09 Å². The molecule has 21 heavy (non-hydrogen) atoms. The zero-order chi connectivity index (χ0) is 14.7. The highest BCUT2D eigenvalue weighted by Gasteiger charge is 2.32. The first-order valence-electron chi connectivity index (χ1n) is 7.25. The second-order valence-electron chi connectivity index (χ2n) is 5.04. The quantitative estimate of drug-likeness (QED) is 0.842. The van der Waals surface area contributed by atoms with Gasteiger partial charge in [-0.1, -0.05) is 24.3 Å². The summed E-state index contributed by atoms with van der Waals surface area (Å²) in [5.74, 6) is 0. The maximum Gasteiger partial charge on any atom is 0.414 e. The van der Waals surface area contributed by atoms with Crippen molar-refractivity contribution in [3.05, 3.63) is 59.9 Å². The Kier molecular flexibility index (Phi) is 3.86. The molecular formula is C17H18N2O2. The van der Waals surface area contributed by atoms with Crippen LogP contribution in [0.1, 0.15) is 30.5 Å². The van der Waals surface area contributed by atoms with Crippen LogP contribution in [0.15, 0.2) is 48.8 Å². The van der Waals surface area contributed by atoms with Gasteiger partial charge in [-0.25, -0.2) is 4.79 Å². The van der Waals surface area contributed by atoms with E-state index in [1.54, 1.807) is 11.1 Å². The number of carbonyl (C=O) groups is 1. The van der Waals surface area contributed by atoms with Crippen LogP contribution >= 0.6 is 0 Å². The number of hydrogen-bond acceptors (Lipinski definition) is 3. The Labute approximate surface area is 124 Å². The molecule has 0 spiro atoms. The number of anilines is 1. The summed E-state index contributed by atoms with van der Waals surface area (Å²) in [6.07, 6.45) is 5.10. The van der Waals surface area contributed by atoms with Crippen LogP contribution in [-0.4, -0.2) is 17.7 Å². The molecule has 0 aliphatic carbocycles. The van der Waals surface area contributed by atoms with Crippen molar-refractivity contribution in [1.29, 1.82) is 0 Å². The number of aryl methyl sites for hydroxylation is 1. The van der Waals surface area contributed by atoms with E-state index in [-0.39, 0.29) is 12.1 Å². The van der Waals surface area contributed by atoms with E-state index in [0.29, 0.717) is 6.61 Å². The Hall–Kier alpha value is -2.36. The lowest BCUT2D eigenvalue weighted by Gasteiger charge is -2.36. The van der Waals surface area contributed by atoms with Gasteiger partial charge in [0.1, 0.15) is 0 Å². The molecule has 0 bridgehead atoms. The number of amides is 1. The van der Waals surface area contributed by atoms with E-state index < -0.39 is 0 Å². The summed E-state index contributed by atoms with van der Waals surface area (Å²) in [6, 6.07) is 11.9. The number of pyridine rings is 1. The van der Waals surface area contributed by atoms with E-state index in [9.17, 15) is 4.79 Å². The van der Waals surface area contributed by atoms with Crippen molar-refractivity contribution in [2.24, 2.45) is 0 Å². The third-order valence-corrected chi connectivity index (χ3v) is 3.78. The lowest BCUT2D eigenvalue weighted by Crippen LogP contribution is -2.38. The lowest BCUT2D eigenvalue weighted by molar-refractivity contribution is 0.156. The monoisotopic (exact) mass is 282 g/mol. The van der Waals surface area contributed by atoms with E-state index in [4.69, 9.17) is 4.74 Å². The van der Waals surface area contributed by atoms with Crippen LogP contribution in [0.2, 0.25) is 0 Å². The number of aromatic nitrogens is 1. The van der Waals surface area contributed by atoms with Crippen LogP contribution in [0.5, 0.6) is 0 Å². The van der Waals surface area contributed by atoms with Gasteiger partial charge in [0.05, 0.1) is 18.3 Å². The van der Waals surface area contributed by atoms with Gasteiger partial charge in [-0.15, -0.1) is 0 Å². The first kappa shape index (κ1) is 13.6. The molecule has 1 aromatic carbocycles. The minimum absolute atomic E-state index is 0.0207. The molecule has 108 valence electrons. The molecule has 0 saturated heterocycles. The van der Waals surface area contributed by atoms with Crippen LogP contribution in [-0.2, 0) is 11.2 Å². The van der Waals surface area contributed by atoms with Crippen LogP contribution in [0, 0.1) is 0 Å². The number of benzene rings is 1. The SMILES string of the molecule is CCOC(=O)N1c2ccccc2CCC1c1cccnc1. The number of fused-ring (bicyclic) bond motifs is 1. The van der Waals surface area contributed by atoms with Gasteiger partial charge in [0.15, 0.2) is 0 Å². The van der Waals surface area contributed by atoms with Crippen LogP contribution in [0.4, 0.5) is 10.5 Å². The van der Waals surface area contributed by atoms with E-state index in [1.807, 2.05) is 43.5 Å². The normalized spacial score (nSPS) is 17.2. The highest BCUT2D eigenvalue weighted by Crippen LogP contribution is 2.38. The molecule has 0 saturated carbocycles. The van der Waals surface area contributed by atoms with Gasteiger partial charge in [0, 0.05) is 12.4 Å². The molecule has 3 rings (SSSR count). The van der Waals surface area contributed by atoms with E-state index in [2.05, 4.69) is 11.1 Å². The van der Waals surface area contributed by atoms with Crippen molar-refractivity contribution in [3.8, 4) is 0 Å². The fourth-order valence-electron chi connectivity index (χ4n) is 2.85. The zero-order valence-corrected chi connectivity index (χ0v) is 12.0. The van der Waals surface area contributed by atoms with Crippen molar-refractivity contribution < 1.29 is 9.53 Å². The molecule has 4 nitrogen and oxygen atoms in total. The van der Waals surface area contributed by atoms with Crippen molar-refractivity contribution >= 4 is 11.8 Å². The van der Waals surface area contributed by atoms with Crippen LogP contribution < -0.4 is 4.90 Å². The maximum absolute atomic E-state index is 12.4. The molecule has 1 aliphatic heterocycles. The van der Waals surface area contributed by atoms with E-state index in [0.717, 1.165) is 24.1 Å². The van der Waals surface area contributed by atoms with Crippen molar-refractivity contribution in [2.75, 3.05) is 11.5 Å². The van der Waals surface area contributed by atoms with Gasteiger partial charge in [0.2, 0.25) is 0 Å². The number of hydrogen-bond donors (Lipinski definition) is 0. The summed E-state index contributed by atoms with van der Waals surface area (Å²) >= 11 is 0. The number of ether oxygens (including phenoxy) is 1. The van der Waals surface area contributed by atoms with Crippen LogP contribution in [0.3, 0.4) is 0 Å². The minimum Gasteiger partial charge on any atom is -0.449 e. The average molecular weight is 282 g/mol. The van der Waals surface area contributed by atoms with Gasteiger partial charge < -0.3 is 4.74 Å². The molecule has 0 radical (unpaired) electrons. The van der Waals surface area contributed by atoms with Crippen molar-refractivity contribution in [1.82, 2.24) is 4.98 Å². The summed E-state index contributed by atoms with van der Waals surface area (Å²) < 4.78 is 5.26. The zero-order valence-electron chi connectivity index (χ0n) is 12.0. The Morgan fingerprint density at radius 2 is 2.19 bits per heavy atom. The molecule has 0 N–H and O–H groups in total. The maximum atomic E-state index is 12.4. The second kappa shape index (κ2) is 5.95. The minimum atomic E-state index is -0.293. The molecule has 1 amide bonds. The molecule has 0 fully saturated rings. The molecule has 4 heteroatoms. The van der Waals surface area contributed by atoms with Crippen molar-refractivity contribution in [3.63, 3.8) is 0 Å². The topological polar surface area (TPSA) is 42.4 Å². The second-order valence-corrected chi connectivity index (χ2v) is 5.04. The van der Waals surface area contributed by atoms with Gasteiger partial charge in [-0.2, -0.15) is 0 Å². The predicted octanol–water partition coefficient (Wildman–Crippen LogP) is 3.73. The first-order valence-corrected chi connectivity index (χ1v) is 7.25. The highest BCUT2D eigenvalue weighted by molar-refractivity contribution is 5.90. The molecule has 2 heterocycles. The Balaban J connectivity index is 2.03. The molecule has 1 unspecified atom stereocenters. The fraction of sp³-hybridized carbons (Fsp3) is 0.294. The Morgan fingerprint density at radius 1 is 1.33 bits per heavy atom. The Morgan fingerprint density at radius 3 is 2.95 bits per heavy atom. The Bertz CT molecular complexity index is 628. The molecule has 1 aliphatic rings. The highest BCUT2D eigenvalue weighted by atomic mass is 16.6. The summed E-state index contributed by atoms with van der Waals surface area (Å²) in [4.78, 5) is 18.4. The van der Waals surface area contributed by atoms with E-state index in [1.165, 1.54) is 5.56 Å². The summed E-state index contributed by atoms with van der Waals surface area (Å²) in [5.41, 5.74) is 3.17. The largest absolute Gasteiger partial charge is 0.449 e. The van der Waals surface area contributed by atoms with Crippen LogP contribution in [0.25, 0.3) is 0 Å². The molecule has 1 aromatic heterocycles. The van der Waals surface area contributed by atoms with Crippen molar-refractivity contribution in [2.45, 2.75) is 25.8 Å². The summed E-state index contributed by atoms with van der Waals surface area (Å²) in [7, 11) is 0. The van der Waals surface area contributed by atoms with Gasteiger partial charge in [-0.3, -0.25) is 9.88 Å². The van der Waals surface area contributed by atoms with E-state index >= 15 is 0 Å². The van der Waals surface area contributed by atoms with Gasteiger partial charge in [0.25, 0.3) is 0 Å². The summed E-state index contributed by atoms with van der Waals surface area (Å²) in [6.45, 7) is 2.20. The fourth-order valence-corrected chi connectivity index (χ4v) is 2.85. The predicted molar refractivity (Wildman–Crippen MR) is 81.2 cm³/mol. The standard InChI is InChI=1S/C17H18N2O2/c1-2-21-17(20)19-15-8-4-3-6-13(15)9-10-16(19)14-7-5-11-18-12-14/h3-8,11-12,16H,2,9-10H2,1H3. The van der Waals surface area contributed by atoms with Gasteiger partial charge in [-0.05, 0) is 43.0 Å². The lowest BCUT2D eigenvalue weighted by atomic mass is 9.92. The third kappa shape index (κ3) is 2.61. The number of para-hydroxylation sites is 1. The smallest absolute Gasteiger partial charge is 0.414 e.